The van der Waals surface area contributed by atoms with Crippen molar-refractivity contribution in [1.29, 1.82) is 0 Å². The van der Waals surface area contributed by atoms with Crippen LogP contribution in [0.15, 0.2) is 42.5 Å². The average molecular weight is 251 g/mol. The summed E-state index contributed by atoms with van der Waals surface area (Å²) in [6.07, 6.45) is 6.74. The summed E-state index contributed by atoms with van der Waals surface area (Å²) in [5.41, 5.74) is 4.98. The van der Waals surface area contributed by atoms with Gasteiger partial charge in [0.05, 0.1) is 5.69 Å². The van der Waals surface area contributed by atoms with Gasteiger partial charge in [-0.05, 0) is 37.5 Å². The summed E-state index contributed by atoms with van der Waals surface area (Å²) in [6.45, 7) is 2.18. The predicted molar refractivity (Wildman–Crippen MR) is 80.2 cm³/mol. The van der Waals surface area contributed by atoms with Crippen LogP contribution in [0.4, 0.5) is 0 Å². The minimum atomic E-state index is 0.677. The van der Waals surface area contributed by atoms with E-state index in [-0.39, 0.29) is 0 Å². The minimum absolute atomic E-state index is 0.677. The molecular formula is C18H21N. The highest BCUT2D eigenvalue weighted by Gasteiger charge is 2.17. The summed E-state index contributed by atoms with van der Waals surface area (Å²) in [5, 5.41) is 0. The number of hydrogen-bond donors (Lipinski definition) is 0. The van der Waals surface area contributed by atoms with Crippen LogP contribution in [0.3, 0.4) is 0 Å². The topological polar surface area (TPSA) is 12.9 Å². The molecule has 1 aromatic heterocycles. The number of aromatic nitrogens is 1. The molecule has 1 aliphatic carbocycles. The summed E-state index contributed by atoms with van der Waals surface area (Å²) in [6, 6.07) is 15.0. The zero-order valence-corrected chi connectivity index (χ0v) is 11.6. The quantitative estimate of drug-likeness (QED) is 0.723. The molecule has 0 spiro atoms. The Morgan fingerprint density at radius 1 is 0.947 bits per heavy atom. The van der Waals surface area contributed by atoms with E-state index in [4.69, 9.17) is 4.98 Å². The van der Waals surface area contributed by atoms with Crippen LogP contribution in [-0.2, 0) is 0 Å². The third-order valence-corrected chi connectivity index (χ3v) is 4.08. The maximum atomic E-state index is 4.93. The number of rotatable bonds is 2. The van der Waals surface area contributed by atoms with E-state index >= 15 is 0 Å². The lowest BCUT2D eigenvalue weighted by Gasteiger charge is -2.22. The lowest BCUT2D eigenvalue weighted by molar-refractivity contribution is 0.437. The fourth-order valence-corrected chi connectivity index (χ4v) is 3.06. The van der Waals surface area contributed by atoms with Crippen molar-refractivity contribution in [3.05, 3.63) is 53.7 Å². The Labute approximate surface area is 115 Å². The van der Waals surface area contributed by atoms with Crippen LogP contribution in [0.1, 0.15) is 49.3 Å². The molecule has 3 rings (SSSR count). The molecule has 1 heterocycles. The van der Waals surface area contributed by atoms with Gasteiger partial charge in [-0.15, -0.1) is 0 Å². The highest BCUT2D eigenvalue weighted by molar-refractivity contribution is 5.60. The fraction of sp³-hybridized carbons (Fsp3) is 0.389. The summed E-state index contributed by atoms with van der Waals surface area (Å²) < 4.78 is 0. The molecule has 1 aliphatic rings. The molecule has 0 bridgehead atoms. The van der Waals surface area contributed by atoms with Gasteiger partial charge < -0.3 is 0 Å². The molecule has 1 saturated carbocycles. The Kier molecular flexibility index (Phi) is 3.63. The fourth-order valence-electron chi connectivity index (χ4n) is 3.06. The summed E-state index contributed by atoms with van der Waals surface area (Å²) in [7, 11) is 0. The van der Waals surface area contributed by atoms with Crippen LogP contribution in [0.2, 0.25) is 0 Å². The smallest absolute Gasteiger partial charge is 0.0708 e. The van der Waals surface area contributed by atoms with Crippen LogP contribution in [0.25, 0.3) is 11.3 Å². The lowest BCUT2D eigenvalue weighted by Crippen LogP contribution is -2.07. The number of pyridine rings is 1. The van der Waals surface area contributed by atoms with Crippen molar-refractivity contribution in [1.82, 2.24) is 4.98 Å². The summed E-state index contributed by atoms with van der Waals surface area (Å²) in [5.74, 6) is 0.677. The molecule has 1 heteroatoms. The van der Waals surface area contributed by atoms with Crippen LogP contribution in [-0.4, -0.2) is 4.98 Å². The second-order valence-corrected chi connectivity index (χ2v) is 5.66. The molecule has 0 N–H and O–H groups in total. The first-order chi connectivity index (χ1) is 9.33. The van der Waals surface area contributed by atoms with Crippen molar-refractivity contribution in [2.45, 2.75) is 44.9 Å². The number of aryl methyl sites for hydroxylation is 1. The van der Waals surface area contributed by atoms with Gasteiger partial charge in [0, 0.05) is 17.2 Å². The average Bonchev–Trinajstić information content (AvgIpc) is 2.48. The van der Waals surface area contributed by atoms with Gasteiger partial charge in [0.1, 0.15) is 0 Å². The highest BCUT2D eigenvalue weighted by atomic mass is 14.7. The number of hydrogen-bond acceptors (Lipinski definition) is 1. The first-order valence-corrected chi connectivity index (χ1v) is 7.37. The standard InChI is InChI=1S/C18H21N/c1-14-12-17(15-8-4-2-5-9-15)19-18(13-14)16-10-6-3-7-11-16/h2,4-5,8-9,12-13,16H,3,6-7,10-11H2,1H3. The van der Waals surface area contributed by atoms with Crippen LogP contribution in [0.5, 0.6) is 0 Å². The van der Waals surface area contributed by atoms with E-state index in [1.807, 2.05) is 0 Å². The molecule has 1 nitrogen and oxygen atoms in total. The van der Waals surface area contributed by atoms with Crippen LogP contribution in [0, 0.1) is 6.92 Å². The van der Waals surface area contributed by atoms with Gasteiger partial charge in [-0.1, -0.05) is 49.6 Å². The van der Waals surface area contributed by atoms with E-state index in [0.717, 1.165) is 5.69 Å². The maximum Gasteiger partial charge on any atom is 0.0708 e. The van der Waals surface area contributed by atoms with Crippen molar-refractivity contribution >= 4 is 0 Å². The molecule has 0 atom stereocenters. The molecule has 0 radical (unpaired) electrons. The van der Waals surface area contributed by atoms with E-state index in [2.05, 4.69) is 49.4 Å². The zero-order chi connectivity index (χ0) is 13.1. The van der Waals surface area contributed by atoms with Crippen molar-refractivity contribution in [3.63, 3.8) is 0 Å². The number of benzene rings is 1. The molecule has 1 aromatic carbocycles. The Bertz CT molecular complexity index is 539. The highest BCUT2D eigenvalue weighted by Crippen LogP contribution is 2.33. The Balaban J connectivity index is 1.96. The summed E-state index contributed by atoms with van der Waals surface area (Å²) >= 11 is 0. The summed E-state index contributed by atoms with van der Waals surface area (Å²) in [4.78, 5) is 4.93. The Morgan fingerprint density at radius 3 is 2.42 bits per heavy atom. The maximum absolute atomic E-state index is 4.93. The van der Waals surface area contributed by atoms with Crippen molar-refractivity contribution in [2.75, 3.05) is 0 Å². The molecule has 19 heavy (non-hydrogen) atoms. The Hall–Kier alpha value is -1.63. The van der Waals surface area contributed by atoms with Crippen molar-refractivity contribution in [2.24, 2.45) is 0 Å². The normalized spacial score (nSPS) is 16.5. The molecule has 0 aliphatic heterocycles. The van der Waals surface area contributed by atoms with Crippen LogP contribution >= 0.6 is 0 Å². The van der Waals surface area contributed by atoms with Gasteiger partial charge in [-0.25, -0.2) is 0 Å². The zero-order valence-electron chi connectivity index (χ0n) is 11.6. The minimum Gasteiger partial charge on any atom is -0.253 e. The van der Waals surface area contributed by atoms with Gasteiger partial charge in [-0.2, -0.15) is 0 Å². The van der Waals surface area contributed by atoms with Crippen molar-refractivity contribution in [3.8, 4) is 11.3 Å². The van der Waals surface area contributed by atoms with Gasteiger partial charge in [0.2, 0.25) is 0 Å². The largest absolute Gasteiger partial charge is 0.253 e. The molecule has 2 aromatic rings. The first kappa shape index (κ1) is 12.4. The molecule has 98 valence electrons. The van der Waals surface area contributed by atoms with Crippen molar-refractivity contribution < 1.29 is 0 Å². The first-order valence-electron chi connectivity index (χ1n) is 7.37. The van der Waals surface area contributed by atoms with E-state index in [9.17, 15) is 0 Å². The van der Waals surface area contributed by atoms with E-state index in [0.29, 0.717) is 5.92 Å². The predicted octanol–water partition coefficient (Wildman–Crippen LogP) is 5.10. The molecule has 0 amide bonds. The third-order valence-electron chi connectivity index (χ3n) is 4.08. The molecule has 0 unspecified atom stereocenters. The second-order valence-electron chi connectivity index (χ2n) is 5.66. The van der Waals surface area contributed by atoms with E-state index in [1.165, 1.54) is 48.9 Å². The molecule has 1 fully saturated rings. The van der Waals surface area contributed by atoms with Gasteiger partial charge in [0.15, 0.2) is 0 Å². The van der Waals surface area contributed by atoms with E-state index < -0.39 is 0 Å². The number of nitrogens with zero attached hydrogens (tertiary/aromatic N) is 1. The third kappa shape index (κ3) is 2.86. The SMILES string of the molecule is Cc1cc(-c2ccccc2)nc(C2CCCCC2)c1. The van der Waals surface area contributed by atoms with Gasteiger partial charge in [0.25, 0.3) is 0 Å². The second kappa shape index (κ2) is 5.56. The molecular weight excluding hydrogens is 230 g/mol. The van der Waals surface area contributed by atoms with Gasteiger partial charge >= 0.3 is 0 Å². The monoisotopic (exact) mass is 251 g/mol. The van der Waals surface area contributed by atoms with Crippen LogP contribution < -0.4 is 0 Å². The lowest BCUT2D eigenvalue weighted by atomic mass is 9.86. The Morgan fingerprint density at radius 2 is 1.68 bits per heavy atom. The van der Waals surface area contributed by atoms with E-state index in [1.54, 1.807) is 0 Å². The molecule has 0 saturated heterocycles. The van der Waals surface area contributed by atoms with Gasteiger partial charge in [-0.3, -0.25) is 4.98 Å².